The zero-order valence-electron chi connectivity index (χ0n) is 21.8. The van der Waals surface area contributed by atoms with E-state index in [0.717, 1.165) is 54.3 Å². The minimum Gasteiger partial charge on any atom is -0.494 e. The summed E-state index contributed by atoms with van der Waals surface area (Å²) < 4.78 is 41.2. The molecule has 1 saturated heterocycles. The van der Waals surface area contributed by atoms with E-state index in [2.05, 4.69) is 12.2 Å². The molecule has 8 nitrogen and oxygen atoms in total. The van der Waals surface area contributed by atoms with Crippen LogP contribution in [0.15, 0.2) is 71.6 Å². The van der Waals surface area contributed by atoms with Crippen LogP contribution >= 0.6 is 11.8 Å². The predicted molar refractivity (Wildman–Crippen MR) is 151 cm³/mol. The topological polar surface area (TPSA) is 108 Å². The van der Waals surface area contributed by atoms with Gasteiger partial charge in [0.15, 0.2) is 9.84 Å². The monoisotopic (exact) mass is 569 g/mol. The molecule has 10 heteroatoms. The molecule has 1 heterocycles. The number of carbonyl (C=O) groups is 2. The number of rotatable bonds is 13. The van der Waals surface area contributed by atoms with Crippen LogP contribution in [0, 0.1) is 0 Å². The van der Waals surface area contributed by atoms with Gasteiger partial charge in [0.25, 0.3) is 5.24 Å². The van der Waals surface area contributed by atoms with Crippen LogP contribution in [0.5, 0.6) is 23.0 Å². The summed E-state index contributed by atoms with van der Waals surface area (Å²) in [4.78, 5) is 23.6. The molecule has 4 rings (SSSR count). The van der Waals surface area contributed by atoms with Gasteiger partial charge in [0, 0.05) is 6.26 Å². The van der Waals surface area contributed by atoms with E-state index in [0.29, 0.717) is 30.5 Å². The lowest BCUT2D eigenvalue weighted by Crippen LogP contribution is -2.20. The molecule has 1 aliphatic heterocycles. The second-order valence-electron chi connectivity index (χ2n) is 9.12. The average Bonchev–Trinajstić information content (AvgIpc) is 3.25. The van der Waals surface area contributed by atoms with Crippen molar-refractivity contribution >= 4 is 32.7 Å². The molecular formula is C29H31NO7S2. The smallest absolute Gasteiger partial charge is 0.286 e. The van der Waals surface area contributed by atoms with Crippen molar-refractivity contribution in [2.24, 2.45) is 0 Å². The molecule has 0 aromatic heterocycles. The second-order valence-corrected chi connectivity index (χ2v) is 12.2. The zero-order chi connectivity index (χ0) is 27.8. The van der Waals surface area contributed by atoms with Crippen molar-refractivity contribution in [2.75, 3.05) is 19.5 Å². The molecule has 1 fully saturated rings. The lowest BCUT2D eigenvalue weighted by atomic mass is 10.1. The summed E-state index contributed by atoms with van der Waals surface area (Å²) in [5.74, 6) is 2.39. The molecular weight excluding hydrogens is 538 g/mol. The van der Waals surface area contributed by atoms with Crippen molar-refractivity contribution in [3.63, 3.8) is 0 Å². The third kappa shape index (κ3) is 8.00. The first-order valence-corrected chi connectivity index (χ1v) is 15.5. The van der Waals surface area contributed by atoms with Crippen LogP contribution in [0.2, 0.25) is 0 Å². The molecule has 0 spiro atoms. The van der Waals surface area contributed by atoms with Crippen molar-refractivity contribution in [1.29, 1.82) is 0 Å². The summed E-state index contributed by atoms with van der Waals surface area (Å²) in [7, 11) is -3.25. The van der Waals surface area contributed by atoms with E-state index in [1.165, 1.54) is 18.4 Å². The summed E-state index contributed by atoms with van der Waals surface area (Å²) in [5.41, 5.74) is 1.79. The Hall–Kier alpha value is -3.50. The summed E-state index contributed by atoms with van der Waals surface area (Å²) in [6.45, 7) is 3.14. The maximum Gasteiger partial charge on any atom is 0.286 e. The van der Waals surface area contributed by atoms with Crippen LogP contribution in [-0.2, 0) is 21.1 Å². The quantitative estimate of drug-likeness (QED) is 0.246. The number of aryl methyl sites for hydroxylation is 1. The minimum atomic E-state index is -3.25. The first-order valence-electron chi connectivity index (χ1n) is 12.7. The Kier molecular flexibility index (Phi) is 9.53. The summed E-state index contributed by atoms with van der Waals surface area (Å²) in [6, 6.07) is 19.3. The van der Waals surface area contributed by atoms with E-state index < -0.39 is 15.1 Å². The van der Waals surface area contributed by atoms with Gasteiger partial charge in [0.2, 0.25) is 5.91 Å². The van der Waals surface area contributed by atoms with Gasteiger partial charge in [-0.15, -0.1) is 0 Å². The highest BCUT2D eigenvalue weighted by atomic mass is 32.2. The molecule has 1 N–H and O–H groups in total. The van der Waals surface area contributed by atoms with Gasteiger partial charge in [-0.1, -0.05) is 25.5 Å². The van der Waals surface area contributed by atoms with Crippen LogP contribution in [-0.4, -0.2) is 39.0 Å². The Labute approximate surface area is 233 Å². The number of ether oxygens (including phenoxy) is 3. The summed E-state index contributed by atoms with van der Waals surface area (Å²) in [5, 5.41) is 1.43. The zero-order valence-corrected chi connectivity index (χ0v) is 23.5. The number of hydrogen-bond donors (Lipinski definition) is 1. The van der Waals surface area contributed by atoms with Gasteiger partial charge in [-0.3, -0.25) is 14.9 Å². The van der Waals surface area contributed by atoms with Gasteiger partial charge in [0.1, 0.15) is 28.2 Å². The number of thioether (sulfide) groups is 1. The third-order valence-corrected chi connectivity index (χ3v) is 8.12. The number of amides is 2. The van der Waals surface area contributed by atoms with E-state index >= 15 is 0 Å². The molecule has 2 amide bonds. The molecule has 1 aliphatic rings. The number of hydrogen-bond acceptors (Lipinski definition) is 8. The molecule has 0 radical (unpaired) electrons. The van der Waals surface area contributed by atoms with Crippen LogP contribution in [0.4, 0.5) is 4.79 Å². The first-order chi connectivity index (χ1) is 18.7. The highest BCUT2D eigenvalue weighted by Gasteiger charge is 2.33. The van der Waals surface area contributed by atoms with E-state index in [-0.39, 0.29) is 16.0 Å². The van der Waals surface area contributed by atoms with Crippen LogP contribution < -0.4 is 19.5 Å². The van der Waals surface area contributed by atoms with Gasteiger partial charge in [0.05, 0.1) is 18.1 Å². The first kappa shape index (κ1) is 28.5. The third-order valence-electron chi connectivity index (χ3n) is 5.95. The second kappa shape index (κ2) is 13.0. The maximum absolute atomic E-state index is 11.9. The Bertz CT molecular complexity index is 1420. The van der Waals surface area contributed by atoms with E-state index in [9.17, 15) is 18.0 Å². The van der Waals surface area contributed by atoms with Crippen molar-refractivity contribution in [1.82, 2.24) is 5.32 Å². The summed E-state index contributed by atoms with van der Waals surface area (Å²) >= 11 is 0.976. The molecule has 0 saturated carbocycles. The fourth-order valence-electron chi connectivity index (χ4n) is 4.04. The molecule has 39 heavy (non-hydrogen) atoms. The average molecular weight is 570 g/mol. The molecule has 1 atom stereocenters. The van der Waals surface area contributed by atoms with Crippen LogP contribution in [0.3, 0.4) is 0 Å². The molecule has 1 unspecified atom stereocenters. The van der Waals surface area contributed by atoms with Crippen LogP contribution in [0.1, 0.15) is 42.6 Å². The number of unbranched alkanes of at least 4 members (excludes halogenated alkanes) is 1. The van der Waals surface area contributed by atoms with Crippen molar-refractivity contribution < 1.29 is 32.2 Å². The lowest BCUT2D eigenvalue weighted by Gasteiger charge is -2.14. The van der Waals surface area contributed by atoms with Gasteiger partial charge in [-0.2, -0.15) is 0 Å². The normalized spacial score (nSPS) is 15.2. The van der Waals surface area contributed by atoms with E-state index in [4.69, 9.17) is 14.2 Å². The standard InChI is InChI=1S/C29H31NO7S2/c1-3-7-20-18-24(37-22-10-13-25(14-11-22)39(2,33)34)12-15-26(20)36-17-5-4-16-35-23-9-6-8-21(19-23)27-28(31)30-29(32)38-27/h6,8-15,18-19,27H,3-5,7,16-17H2,1-2H3,(H,30,31,32). The largest absolute Gasteiger partial charge is 0.494 e. The number of nitrogens with one attached hydrogen (secondary N) is 1. The molecule has 3 aromatic carbocycles. The fraction of sp³-hybridized carbons (Fsp3) is 0.310. The number of sulfone groups is 1. The molecule has 206 valence electrons. The fourth-order valence-corrected chi connectivity index (χ4v) is 5.49. The Morgan fingerprint density at radius 3 is 2.26 bits per heavy atom. The van der Waals surface area contributed by atoms with Gasteiger partial charge >= 0.3 is 0 Å². The van der Waals surface area contributed by atoms with E-state index in [1.807, 2.05) is 36.4 Å². The highest BCUT2D eigenvalue weighted by molar-refractivity contribution is 8.15. The molecule has 3 aromatic rings. The minimum absolute atomic E-state index is 0.249. The lowest BCUT2D eigenvalue weighted by molar-refractivity contribution is -0.119. The predicted octanol–water partition coefficient (Wildman–Crippen LogP) is 6.10. The Morgan fingerprint density at radius 1 is 0.872 bits per heavy atom. The number of benzene rings is 3. The van der Waals surface area contributed by atoms with Gasteiger partial charge in [-0.25, -0.2) is 8.42 Å². The van der Waals surface area contributed by atoms with Gasteiger partial charge < -0.3 is 14.2 Å². The Morgan fingerprint density at radius 2 is 1.59 bits per heavy atom. The summed E-state index contributed by atoms with van der Waals surface area (Å²) in [6.07, 6.45) is 4.54. The Balaban J connectivity index is 1.25. The molecule has 0 aliphatic carbocycles. The number of carbonyl (C=O) groups excluding carboxylic acids is 2. The van der Waals surface area contributed by atoms with Crippen LogP contribution in [0.25, 0.3) is 0 Å². The number of imide groups is 1. The highest BCUT2D eigenvalue weighted by Crippen LogP contribution is 2.35. The van der Waals surface area contributed by atoms with Crippen molar-refractivity contribution in [3.8, 4) is 23.0 Å². The maximum atomic E-state index is 11.9. The van der Waals surface area contributed by atoms with E-state index in [1.54, 1.807) is 18.2 Å². The molecule has 0 bridgehead atoms. The van der Waals surface area contributed by atoms with Crippen molar-refractivity contribution in [2.45, 2.75) is 42.8 Å². The SMILES string of the molecule is CCCc1cc(Oc2ccc(S(C)(=O)=O)cc2)ccc1OCCCCOc1cccc(C2SC(=O)NC2=O)c1. The van der Waals surface area contributed by atoms with Gasteiger partial charge in [-0.05, 0) is 96.7 Å². The van der Waals surface area contributed by atoms with Crippen molar-refractivity contribution in [3.05, 3.63) is 77.9 Å².